The topological polar surface area (TPSA) is 56.1 Å². The van der Waals surface area contributed by atoms with Gasteiger partial charge >= 0.3 is 0 Å². The molecule has 3 rings (SSSR count). The zero-order valence-corrected chi connectivity index (χ0v) is 13.4. The summed E-state index contributed by atoms with van der Waals surface area (Å²) in [6.07, 6.45) is 0.629. The van der Waals surface area contributed by atoms with Gasteiger partial charge in [0.25, 0.3) is 0 Å². The molecule has 1 heterocycles. The first-order chi connectivity index (χ1) is 11.6. The number of rotatable bonds is 4. The zero-order chi connectivity index (χ0) is 17.1. The van der Waals surface area contributed by atoms with Gasteiger partial charge in [0.2, 0.25) is 5.91 Å². The summed E-state index contributed by atoms with van der Waals surface area (Å²) in [7, 11) is 0. The van der Waals surface area contributed by atoms with Gasteiger partial charge in [-0.25, -0.2) is 4.39 Å². The average Bonchev–Trinajstić information content (AvgIpc) is 2.92. The van der Waals surface area contributed by atoms with Crippen molar-refractivity contribution in [3.63, 3.8) is 0 Å². The van der Waals surface area contributed by atoms with Crippen molar-refractivity contribution in [2.24, 2.45) is 0 Å². The molecule has 0 radical (unpaired) electrons. The first-order valence-corrected chi connectivity index (χ1v) is 7.87. The van der Waals surface area contributed by atoms with E-state index in [0.29, 0.717) is 19.5 Å². The zero-order valence-electron chi connectivity index (χ0n) is 13.4. The Morgan fingerprint density at radius 1 is 1.29 bits per heavy atom. The fourth-order valence-corrected chi connectivity index (χ4v) is 2.83. The number of hydrogen-bond acceptors (Lipinski definition) is 3. The maximum absolute atomic E-state index is 14.0. The number of amides is 1. The number of anilines is 1. The van der Waals surface area contributed by atoms with Crippen LogP contribution in [0.2, 0.25) is 0 Å². The fraction of sp³-hybridized carbons (Fsp3) is 0.263. The molecule has 1 amide bonds. The second kappa shape index (κ2) is 6.71. The third kappa shape index (κ3) is 3.38. The first-order valence-electron chi connectivity index (χ1n) is 7.87. The summed E-state index contributed by atoms with van der Waals surface area (Å²) in [5, 5.41) is 11.7. The van der Waals surface area contributed by atoms with Crippen LogP contribution in [-0.2, 0) is 11.3 Å². The third-order valence-electron chi connectivity index (χ3n) is 4.22. The molecule has 1 aliphatic rings. The number of halogens is 1. The average molecular weight is 323 g/mol. The largest absolute Gasteiger partial charge is 0.371 e. The van der Waals surface area contributed by atoms with Crippen LogP contribution in [0.25, 0.3) is 0 Å². The van der Waals surface area contributed by atoms with E-state index in [-0.39, 0.29) is 17.2 Å². The van der Waals surface area contributed by atoms with Crippen molar-refractivity contribution in [3.8, 4) is 6.07 Å². The Labute approximate surface area is 140 Å². The highest BCUT2D eigenvalue weighted by atomic mass is 19.1. The molecular formula is C19H18FN3O. The number of hydrogen-bond donors (Lipinski definition) is 1. The van der Waals surface area contributed by atoms with Crippen LogP contribution in [0, 0.1) is 24.1 Å². The number of nitriles is 1. The molecule has 24 heavy (non-hydrogen) atoms. The summed E-state index contributed by atoms with van der Waals surface area (Å²) >= 11 is 0. The number of benzene rings is 2. The lowest BCUT2D eigenvalue weighted by Gasteiger charge is -2.18. The van der Waals surface area contributed by atoms with Gasteiger partial charge in [0.15, 0.2) is 0 Å². The minimum Gasteiger partial charge on any atom is -0.371 e. The Morgan fingerprint density at radius 3 is 2.71 bits per heavy atom. The molecule has 5 heteroatoms. The van der Waals surface area contributed by atoms with E-state index in [1.54, 1.807) is 4.90 Å². The van der Waals surface area contributed by atoms with Crippen molar-refractivity contribution in [1.82, 2.24) is 4.90 Å². The van der Waals surface area contributed by atoms with Crippen molar-refractivity contribution in [1.29, 1.82) is 5.26 Å². The summed E-state index contributed by atoms with van der Waals surface area (Å²) in [6.45, 7) is 3.23. The van der Waals surface area contributed by atoms with Gasteiger partial charge in [-0.3, -0.25) is 4.79 Å². The van der Waals surface area contributed by atoms with E-state index >= 15 is 0 Å². The molecule has 1 fully saturated rings. The number of carbonyl (C=O) groups excluding carboxylic acids is 1. The van der Waals surface area contributed by atoms with Crippen molar-refractivity contribution < 1.29 is 9.18 Å². The number of nitrogens with zero attached hydrogens (tertiary/aromatic N) is 2. The van der Waals surface area contributed by atoms with Crippen LogP contribution in [0.1, 0.15) is 23.1 Å². The van der Waals surface area contributed by atoms with E-state index < -0.39 is 11.9 Å². The normalized spacial score (nSPS) is 17.0. The van der Waals surface area contributed by atoms with Gasteiger partial charge in [-0.05, 0) is 37.1 Å². The van der Waals surface area contributed by atoms with Crippen molar-refractivity contribution in [2.45, 2.75) is 25.9 Å². The first kappa shape index (κ1) is 16.0. The van der Waals surface area contributed by atoms with Crippen LogP contribution in [-0.4, -0.2) is 23.4 Å². The molecule has 4 nitrogen and oxygen atoms in total. The lowest BCUT2D eigenvalue weighted by atomic mass is 10.1. The van der Waals surface area contributed by atoms with Crippen LogP contribution >= 0.6 is 0 Å². The molecule has 1 unspecified atom stereocenters. The van der Waals surface area contributed by atoms with Crippen LogP contribution < -0.4 is 5.32 Å². The van der Waals surface area contributed by atoms with Crippen LogP contribution in [0.5, 0.6) is 0 Å². The van der Waals surface area contributed by atoms with Crippen LogP contribution in [0.15, 0.2) is 42.5 Å². The lowest BCUT2D eigenvalue weighted by molar-refractivity contribution is -0.128. The molecule has 0 aliphatic carbocycles. The summed E-state index contributed by atoms with van der Waals surface area (Å²) in [4.78, 5) is 14.3. The Morgan fingerprint density at radius 2 is 2.04 bits per heavy atom. The number of likely N-dealkylation sites (tertiary alicyclic amines) is 1. The quantitative estimate of drug-likeness (QED) is 0.940. The molecule has 1 atom stereocenters. The number of nitrogens with one attached hydrogen (secondary N) is 1. The van der Waals surface area contributed by atoms with Gasteiger partial charge in [-0.1, -0.05) is 29.8 Å². The number of aryl methyl sites for hydroxylation is 1. The highest BCUT2D eigenvalue weighted by Gasteiger charge is 2.31. The summed E-state index contributed by atoms with van der Waals surface area (Å²) in [5.74, 6) is -0.543. The van der Waals surface area contributed by atoms with Crippen molar-refractivity contribution >= 4 is 11.6 Å². The van der Waals surface area contributed by atoms with Gasteiger partial charge in [0.05, 0.1) is 17.3 Å². The van der Waals surface area contributed by atoms with E-state index in [1.165, 1.54) is 23.8 Å². The Balaban J connectivity index is 1.66. The van der Waals surface area contributed by atoms with Crippen LogP contribution in [0.4, 0.5) is 10.1 Å². The smallest absolute Gasteiger partial charge is 0.245 e. The minimum atomic E-state index is -0.515. The fourth-order valence-electron chi connectivity index (χ4n) is 2.83. The van der Waals surface area contributed by atoms with Gasteiger partial charge in [0.1, 0.15) is 11.9 Å². The predicted octanol–water partition coefficient (Wildman–Crippen LogP) is 3.22. The van der Waals surface area contributed by atoms with Crippen LogP contribution in [0.3, 0.4) is 0 Å². The van der Waals surface area contributed by atoms with Gasteiger partial charge < -0.3 is 10.2 Å². The molecular weight excluding hydrogens is 305 g/mol. The Kier molecular flexibility index (Phi) is 4.48. The van der Waals surface area contributed by atoms with Gasteiger partial charge in [-0.15, -0.1) is 0 Å². The van der Waals surface area contributed by atoms with Crippen molar-refractivity contribution in [3.05, 3.63) is 65.0 Å². The van der Waals surface area contributed by atoms with E-state index in [2.05, 4.69) is 5.32 Å². The molecule has 2 aromatic carbocycles. The van der Waals surface area contributed by atoms with E-state index in [0.717, 1.165) is 5.56 Å². The second-order valence-electron chi connectivity index (χ2n) is 6.04. The second-order valence-corrected chi connectivity index (χ2v) is 6.04. The Hall–Kier alpha value is -2.87. The SMILES string of the molecule is Cc1ccc(CN2CCC(Nc3ccc(C#N)cc3F)C2=O)cc1. The highest BCUT2D eigenvalue weighted by Crippen LogP contribution is 2.22. The molecule has 1 aliphatic heterocycles. The van der Waals surface area contributed by atoms with Crippen molar-refractivity contribution in [2.75, 3.05) is 11.9 Å². The maximum atomic E-state index is 14.0. The van der Waals surface area contributed by atoms with E-state index in [1.807, 2.05) is 37.3 Å². The molecule has 0 spiro atoms. The molecule has 0 aromatic heterocycles. The minimum absolute atomic E-state index is 0.0284. The van der Waals surface area contributed by atoms with E-state index in [4.69, 9.17) is 5.26 Å². The lowest BCUT2D eigenvalue weighted by Crippen LogP contribution is -2.33. The molecule has 1 N–H and O–H groups in total. The monoisotopic (exact) mass is 323 g/mol. The summed E-state index contributed by atoms with van der Waals surface area (Å²) < 4.78 is 14.0. The number of carbonyl (C=O) groups is 1. The third-order valence-corrected chi connectivity index (χ3v) is 4.22. The van der Waals surface area contributed by atoms with Gasteiger partial charge in [0, 0.05) is 13.1 Å². The standard InChI is InChI=1S/C19H18FN3O/c1-13-2-4-14(5-3-13)12-23-9-8-18(19(23)24)22-17-7-6-15(11-21)10-16(17)20/h2-7,10,18,22H,8-9,12H2,1H3. The predicted molar refractivity (Wildman–Crippen MR) is 89.7 cm³/mol. The van der Waals surface area contributed by atoms with Gasteiger partial charge in [-0.2, -0.15) is 5.26 Å². The maximum Gasteiger partial charge on any atom is 0.245 e. The molecule has 1 saturated heterocycles. The molecule has 2 aromatic rings. The summed E-state index contributed by atoms with van der Waals surface area (Å²) in [6, 6.07) is 13.8. The van der Waals surface area contributed by atoms with E-state index in [9.17, 15) is 9.18 Å². The highest BCUT2D eigenvalue weighted by molar-refractivity contribution is 5.86. The molecule has 122 valence electrons. The summed E-state index contributed by atoms with van der Waals surface area (Å²) in [5.41, 5.74) is 2.78. The molecule has 0 bridgehead atoms. The molecule has 0 saturated carbocycles. The Bertz CT molecular complexity index is 795.